The first-order valence-electron chi connectivity index (χ1n) is 5.92. The number of hydrogen-bond acceptors (Lipinski definition) is 2. The molecule has 0 bridgehead atoms. The Kier molecular flexibility index (Phi) is 3.80. The number of anilines is 1. The number of nitrogens with two attached hydrogens (primary N) is 1. The molecule has 0 spiro atoms. The molecular formula is C15H15FN2O. The Morgan fingerprint density at radius 3 is 2.53 bits per heavy atom. The second-order valence-electron chi connectivity index (χ2n) is 4.38. The van der Waals surface area contributed by atoms with Crippen molar-refractivity contribution in [3.05, 3.63) is 65.5 Å². The van der Waals surface area contributed by atoms with Crippen LogP contribution in [0.4, 0.5) is 10.1 Å². The van der Waals surface area contributed by atoms with Crippen LogP contribution in [0.3, 0.4) is 0 Å². The zero-order valence-electron chi connectivity index (χ0n) is 10.6. The highest BCUT2D eigenvalue weighted by Crippen LogP contribution is 2.14. The molecule has 2 aromatic carbocycles. The molecule has 19 heavy (non-hydrogen) atoms. The SMILES string of the molecule is CN(Cc1ccccc1)C(=O)c1ccc(N)c(F)c1. The summed E-state index contributed by atoms with van der Waals surface area (Å²) in [5.41, 5.74) is 6.75. The van der Waals surface area contributed by atoms with Crippen LogP contribution in [0.5, 0.6) is 0 Å². The maximum atomic E-state index is 13.3. The van der Waals surface area contributed by atoms with E-state index in [2.05, 4.69) is 0 Å². The molecule has 0 aliphatic heterocycles. The van der Waals surface area contributed by atoms with Gasteiger partial charge < -0.3 is 10.6 Å². The van der Waals surface area contributed by atoms with E-state index < -0.39 is 5.82 Å². The van der Waals surface area contributed by atoms with Crippen LogP contribution in [-0.2, 0) is 6.54 Å². The summed E-state index contributed by atoms with van der Waals surface area (Å²) >= 11 is 0. The van der Waals surface area contributed by atoms with Crippen molar-refractivity contribution in [2.45, 2.75) is 6.54 Å². The summed E-state index contributed by atoms with van der Waals surface area (Å²) in [5.74, 6) is -0.804. The van der Waals surface area contributed by atoms with Crippen LogP contribution in [0.1, 0.15) is 15.9 Å². The molecule has 0 aliphatic rings. The number of carbonyl (C=O) groups is 1. The van der Waals surface area contributed by atoms with Crippen molar-refractivity contribution >= 4 is 11.6 Å². The van der Waals surface area contributed by atoms with Gasteiger partial charge in [0.1, 0.15) is 5.82 Å². The molecular weight excluding hydrogens is 243 g/mol. The fourth-order valence-electron chi connectivity index (χ4n) is 1.81. The fourth-order valence-corrected chi connectivity index (χ4v) is 1.81. The maximum Gasteiger partial charge on any atom is 0.254 e. The van der Waals surface area contributed by atoms with Gasteiger partial charge >= 0.3 is 0 Å². The number of amides is 1. The second-order valence-corrected chi connectivity index (χ2v) is 4.38. The molecule has 1 amide bonds. The van der Waals surface area contributed by atoms with Crippen LogP contribution >= 0.6 is 0 Å². The summed E-state index contributed by atoms with van der Waals surface area (Å²) in [6.45, 7) is 0.478. The van der Waals surface area contributed by atoms with Crippen LogP contribution in [0, 0.1) is 5.82 Å². The number of nitrogens with zero attached hydrogens (tertiary/aromatic N) is 1. The molecule has 4 heteroatoms. The third-order valence-electron chi connectivity index (χ3n) is 2.86. The maximum absolute atomic E-state index is 13.3. The molecule has 0 atom stereocenters. The quantitative estimate of drug-likeness (QED) is 0.860. The lowest BCUT2D eigenvalue weighted by atomic mass is 10.1. The van der Waals surface area contributed by atoms with Gasteiger partial charge in [0.25, 0.3) is 5.91 Å². The largest absolute Gasteiger partial charge is 0.396 e. The van der Waals surface area contributed by atoms with Crippen molar-refractivity contribution in [3.63, 3.8) is 0 Å². The van der Waals surface area contributed by atoms with Crippen LogP contribution < -0.4 is 5.73 Å². The van der Waals surface area contributed by atoms with E-state index in [9.17, 15) is 9.18 Å². The lowest BCUT2D eigenvalue weighted by Crippen LogP contribution is -2.26. The van der Waals surface area contributed by atoms with Gasteiger partial charge in [0.05, 0.1) is 5.69 Å². The van der Waals surface area contributed by atoms with Gasteiger partial charge in [0, 0.05) is 19.2 Å². The molecule has 0 saturated heterocycles. The molecule has 2 N–H and O–H groups in total. The molecule has 0 aliphatic carbocycles. The number of carbonyl (C=O) groups excluding carboxylic acids is 1. The first-order chi connectivity index (χ1) is 9.08. The number of halogens is 1. The highest BCUT2D eigenvalue weighted by molar-refractivity contribution is 5.94. The minimum atomic E-state index is -0.570. The smallest absolute Gasteiger partial charge is 0.254 e. The van der Waals surface area contributed by atoms with E-state index in [1.807, 2.05) is 30.3 Å². The zero-order valence-corrected chi connectivity index (χ0v) is 10.6. The van der Waals surface area contributed by atoms with Crippen molar-refractivity contribution < 1.29 is 9.18 Å². The van der Waals surface area contributed by atoms with Gasteiger partial charge in [-0.2, -0.15) is 0 Å². The van der Waals surface area contributed by atoms with E-state index in [4.69, 9.17) is 5.73 Å². The standard InChI is InChI=1S/C15H15FN2O/c1-18(10-11-5-3-2-4-6-11)15(19)12-7-8-14(17)13(16)9-12/h2-9H,10,17H2,1H3. The summed E-state index contributed by atoms with van der Waals surface area (Å²) in [5, 5.41) is 0. The van der Waals surface area contributed by atoms with Gasteiger partial charge in [-0.15, -0.1) is 0 Å². The Morgan fingerprint density at radius 1 is 1.21 bits per heavy atom. The third-order valence-corrected chi connectivity index (χ3v) is 2.86. The molecule has 0 fully saturated rings. The van der Waals surface area contributed by atoms with E-state index >= 15 is 0 Å². The topological polar surface area (TPSA) is 46.3 Å². The fraction of sp³-hybridized carbons (Fsp3) is 0.133. The number of nitrogen functional groups attached to an aromatic ring is 1. The number of hydrogen-bond donors (Lipinski definition) is 1. The van der Waals surface area contributed by atoms with Crippen LogP contribution in [0.25, 0.3) is 0 Å². The molecule has 0 unspecified atom stereocenters. The van der Waals surface area contributed by atoms with E-state index in [-0.39, 0.29) is 11.6 Å². The molecule has 0 radical (unpaired) electrons. The lowest BCUT2D eigenvalue weighted by Gasteiger charge is -2.17. The van der Waals surface area contributed by atoms with Gasteiger partial charge in [-0.05, 0) is 23.8 Å². The minimum Gasteiger partial charge on any atom is -0.396 e. The molecule has 0 aromatic heterocycles. The second kappa shape index (κ2) is 5.52. The van der Waals surface area contributed by atoms with Gasteiger partial charge in [-0.3, -0.25) is 4.79 Å². The first-order valence-corrected chi connectivity index (χ1v) is 5.92. The molecule has 3 nitrogen and oxygen atoms in total. The summed E-state index contributed by atoms with van der Waals surface area (Å²) < 4.78 is 13.3. The van der Waals surface area contributed by atoms with Crippen LogP contribution in [0.15, 0.2) is 48.5 Å². The first kappa shape index (κ1) is 13.1. The van der Waals surface area contributed by atoms with Crippen molar-refractivity contribution in [3.8, 4) is 0 Å². The molecule has 98 valence electrons. The van der Waals surface area contributed by atoms with E-state index in [0.717, 1.165) is 5.56 Å². The molecule has 0 saturated carbocycles. The Labute approximate surface area is 111 Å². The highest BCUT2D eigenvalue weighted by Gasteiger charge is 2.13. The number of rotatable bonds is 3. The van der Waals surface area contributed by atoms with Crippen molar-refractivity contribution in [1.29, 1.82) is 0 Å². The Hall–Kier alpha value is -2.36. The average Bonchev–Trinajstić information content (AvgIpc) is 2.42. The van der Waals surface area contributed by atoms with Crippen molar-refractivity contribution in [2.24, 2.45) is 0 Å². The molecule has 2 rings (SSSR count). The molecule has 2 aromatic rings. The predicted octanol–water partition coefficient (Wildman–Crippen LogP) is 2.68. The Balaban J connectivity index is 2.12. The van der Waals surface area contributed by atoms with Crippen LogP contribution in [0.2, 0.25) is 0 Å². The minimum absolute atomic E-state index is 0.0438. The average molecular weight is 258 g/mol. The predicted molar refractivity (Wildman–Crippen MR) is 73.1 cm³/mol. The number of benzene rings is 2. The van der Waals surface area contributed by atoms with Gasteiger partial charge in [-0.25, -0.2) is 4.39 Å². The lowest BCUT2D eigenvalue weighted by molar-refractivity contribution is 0.0784. The normalized spacial score (nSPS) is 10.2. The Bertz CT molecular complexity index is 584. The van der Waals surface area contributed by atoms with Crippen LogP contribution in [-0.4, -0.2) is 17.9 Å². The zero-order chi connectivity index (χ0) is 13.8. The van der Waals surface area contributed by atoms with Gasteiger partial charge in [-0.1, -0.05) is 30.3 Å². The van der Waals surface area contributed by atoms with E-state index in [1.165, 1.54) is 18.2 Å². The summed E-state index contributed by atoms with van der Waals surface area (Å²) in [4.78, 5) is 13.7. The van der Waals surface area contributed by atoms with Crippen molar-refractivity contribution in [1.82, 2.24) is 4.90 Å². The van der Waals surface area contributed by atoms with E-state index in [0.29, 0.717) is 12.1 Å². The monoisotopic (exact) mass is 258 g/mol. The summed E-state index contributed by atoms with van der Waals surface area (Å²) in [6, 6.07) is 13.7. The molecule has 0 heterocycles. The van der Waals surface area contributed by atoms with E-state index in [1.54, 1.807) is 11.9 Å². The summed E-state index contributed by atoms with van der Waals surface area (Å²) in [7, 11) is 1.68. The van der Waals surface area contributed by atoms with Gasteiger partial charge in [0.15, 0.2) is 0 Å². The third kappa shape index (κ3) is 3.10. The highest BCUT2D eigenvalue weighted by atomic mass is 19.1. The van der Waals surface area contributed by atoms with Crippen molar-refractivity contribution in [2.75, 3.05) is 12.8 Å². The summed E-state index contributed by atoms with van der Waals surface area (Å²) in [6.07, 6.45) is 0. The van der Waals surface area contributed by atoms with Gasteiger partial charge in [0.2, 0.25) is 0 Å². The Morgan fingerprint density at radius 2 is 1.89 bits per heavy atom.